The molecule has 0 fully saturated rings. The third kappa shape index (κ3) is 1.59. The van der Waals surface area contributed by atoms with Crippen LogP contribution in [-0.4, -0.2) is 33.9 Å². The average molecular weight is 245 g/mol. The van der Waals surface area contributed by atoms with Gasteiger partial charge in [0.05, 0.1) is 12.6 Å². The van der Waals surface area contributed by atoms with Crippen LogP contribution in [0.15, 0.2) is 12.1 Å². The zero-order chi connectivity index (χ0) is 12.9. The van der Waals surface area contributed by atoms with E-state index in [9.17, 15) is 9.90 Å². The van der Waals surface area contributed by atoms with Crippen molar-refractivity contribution < 1.29 is 9.90 Å². The van der Waals surface area contributed by atoms with Crippen LogP contribution in [0.25, 0.3) is 22.0 Å². The van der Waals surface area contributed by atoms with E-state index in [1.807, 2.05) is 26.0 Å². The quantitative estimate of drug-likeness (QED) is 0.648. The Hall–Kier alpha value is -1.88. The zero-order valence-electron chi connectivity index (χ0n) is 10.3. The minimum atomic E-state index is -0.237. The fourth-order valence-corrected chi connectivity index (χ4v) is 2.13. The van der Waals surface area contributed by atoms with Crippen LogP contribution < -0.4 is 5.32 Å². The molecule has 1 atom stereocenters. The molecule has 0 spiro atoms. The van der Waals surface area contributed by atoms with E-state index in [1.54, 1.807) is 0 Å². The van der Waals surface area contributed by atoms with E-state index in [1.165, 1.54) is 0 Å². The highest BCUT2D eigenvalue weighted by Gasteiger charge is 2.25. The van der Waals surface area contributed by atoms with Gasteiger partial charge < -0.3 is 10.4 Å². The summed E-state index contributed by atoms with van der Waals surface area (Å²) in [6.07, 6.45) is 0. The number of carbonyl (C=O) groups excluding carboxylic acids is 1. The number of hydrogen-bond donors (Lipinski definition) is 3. The predicted molar refractivity (Wildman–Crippen MR) is 68.3 cm³/mol. The second-order valence-corrected chi connectivity index (χ2v) is 5.03. The van der Waals surface area contributed by atoms with Crippen molar-refractivity contribution in [2.24, 2.45) is 5.92 Å². The fraction of sp³-hybridized carbons (Fsp3) is 0.385. The Morgan fingerprint density at radius 1 is 1.50 bits per heavy atom. The molecule has 2 aliphatic rings. The van der Waals surface area contributed by atoms with Gasteiger partial charge in [-0.2, -0.15) is 5.10 Å². The summed E-state index contributed by atoms with van der Waals surface area (Å²) in [4.78, 5) is 12.1. The molecule has 0 saturated carbocycles. The monoisotopic (exact) mass is 245 g/mol. The van der Waals surface area contributed by atoms with E-state index >= 15 is 0 Å². The standard InChI is InChI=1S/C13H15N3O2/c1-6(2)10(5-17)14-13(18)12-9-4-7-3-8(7)11(9)15-16-12/h3-4,6,10,17H,5H2,1-2H3,(H,14,18)(H,15,16)/t10-/m1/s1. The van der Waals surface area contributed by atoms with Crippen molar-refractivity contribution in [1.29, 1.82) is 0 Å². The fourth-order valence-electron chi connectivity index (χ4n) is 2.13. The van der Waals surface area contributed by atoms with E-state index in [-0.39, 0.29) is 24.5 Å². The molecule has 1 heterocycles. The van der Waals surface area contributed by atoms with Crippen LogP contribution in [0.2, 0.25) is 0 Å². The van der Waals surface area contributed by atoms with E-state index < -0.39 is 0 Å². The van der Waals surface area contributed by atoms with E-state index in [0.29, 0.717) is 5.69 Å². The number of fused-ring (bicyclic) bond motifs is 3. The summed E-state index contributed by atoms with van der Waals surface area (Å²) < 4.78 is 0. The predicted octanol–water partition coefficient (Wildman–Crippen LogP) is 1.29. The number of aromatic nitrogens is 2. The molecule has 0 aromatic carbocycles. The van der Waals surface area contributed by atoms with Crippen LogP contribution in [0.1, 0.15) is 24.3 Å². The number of aliphatic hydroxyl groups excluding tert-OH is 1. The molecular formula is C13H15N3O2. The van der Waals surface area contributed by atoms with Gasteiger partial charge in [-0.1, -0.05) is 13.8 Å². The summed E-state index contributed by atoms with van der Waals surface area (Å²) in [6.45, 7) is 3.85. The van der Waals surface area contributed by atoms with Crippen LogP contribution in [0, 0.1) is 5.92 Å². The Morgan fingerprint density at radius 3 is 2.94 bits per heavy atom. The zero-order valence-corrected chi connectivity index (χ0v) is 10.3. The van der Waals surface area contributed by atoms with Gasteiger partial charge in [-0.3, -0.25) is 9.89 Å². The van der Waals surface area contributed by atoms with Crippen molar-refractivity contribution in [1.82, 2.24) is 15.5 Å². The number of carbonyl (C=O) groups is 1. The number of benzene rings is 1. The maximum absolute atomic E-state index is 12.1. The lowest BCUT2D eigenvalue weighted by Gasteiger charge is -2.19. The minimum absolute atomic E-state index is 0.0635. The molecule has 0 radical (unpaired) electrons. The minimum Gasteiger partial charge on any atom is -0.394 e. The number of nitrogens with zero attached hydrogens (tertiary/aromatic N) is 1. The highest BCUT2D eigenvalue weighted by atomic mass is 16.3. The van der Waals surface area contributed by atoms with Gasteiger partial charge in [-0.05, 0) is 23.6 Å². The first kappa shape index (κ1) is 11.2. The first-order valence-electron chi connectivity index (χ1n) is 6.06. The normalized spacial score (nSPS) is 14.0. The lowest BCUT2D eigenvalue weighted by molar-refractivity contribution is 0.0893. The Morgan fingerprint density at radius 2 is 2.28 bits per heavy atom. The SMILES string of the molecule is CC(C)[C@@H](CO)NC(=O)c1[nH]nc2c3cc-3cc12. The molecule has 1 aromatic rings. The molecule has 18 heavy (non-hydrogen) atoms. The van der Waals surface area contributed by atoms with Crippen LogP contribution in [0.4, 0.5) is 0 Å². The van der Waals surface area contributed by atoms with Crippen molar-refractivity contribution in [3.05, 3.63) is 17.8 Å². The summed E-state index contributed by atoms with van der Waals surface area (Å²) in [6, 6.07) is 3.77. The van der Waals surface area contributed by atoms with Crippen LogP contribution in [0.5, 0.6) is 0 Å². The Kier molecular flexibility index (Phi) is 2.38. The molecule has 1 aromatic heterocycles. The van der Waals surface area contributed by atoms with Gasteiger partial charge in [0.15, 0.2) is 0 Å². The maximum Gasteiger partial charge on any atom is 0.270 e. The van der Waals surface area contributed by atoms with Crippen LogP contribution in [-0.2, 0) is 0 Å². The second kappa shape index (κ2) is 3.81. The Balaban J connectivity index is 1.85. The summed E-state index contributed by atoms with van der Waals surface area (Å²) in [7, 11) is 0. The lowest BCUT2D eigenvalue weighted by Crippen LogP contribution is -2.41. The second-order valence-electron chi connectivity index (χ2n) is 5.03. The van der Waals surface area contributed by atoms with Gasteiger partial charge in [0.1, 0.15) is 11.2 Å². The lowest BCUT2D eigenvalue weighted by atomic mass is 10.1. The Labute approximate surface area is 104 Å². The van der Waals surface area contributed by atoms with Gasteiger partial charge in [-0.25, -0.2) is 0 Å². The van der Waals surface area contributed by atoms with Crippen molar-refractivity contribution in [3.63, 3.8) is 0 Å². The van der Waals surface area contributed by atoms with E-state index in [2.05, 4.69) is 15.5 Å². The summed E-state index contributed by atoms with van der Waals surface area (Å²) in [5.41, 5.74) is 3.63. The van der Waals surface area contributed by atoms with Gasteiger partial charge in [0.25, 0.3) is 5.91 Å². The van der Waals surface area contributed by atoms with Crippen LogP contribution >= 0.6 is 0 Å². The molecule has 5 nitrogen and oxygen atoms in total. The van der Waals surface area contributed by atoms with Crippen molar-refractivity contribution >= 4 is 16.8 Å². The van der Waals surface area contributed by atoms with E-state index in [0.717, 1.165) is 22.0 Å². The molecule has 0 unspecified atom stereocenters. The summed E-state index contributed by atoms with van der Waals surface area (Å²) in [5, 5.41) is 19.8. The molecule has 1 amide bonds. The molecule has 0 bridgehead atoms. The molecule has 0 aliphatic heterocycles. The largest absolute Gasteiger partial charge is 0.394 e. The highest BCUT2D eigenvalue weighted by molar-refractivity contribution is 6.14. The molecular weight excluding hydrogens is 230 g/mol. The number of aliphatic hydroxyl groups is 1. The molecule has 3 rings (SSSR count). The van der Waals surface area contributed by atoms with E-state index in [4.69, 9.17) is 0 Å². The molecule has 3 N–H and O–H groups in total. The number of amides is 1. The summed E-state index contributed by atoms with van der Waals surface area (Å²) >= 11 is 0. The first-order chi connectivity index (χ1) is 8.61. The number of hydrogen-bond acceptors (Lipinski definition) is 3. The molecule has 5 heteroatoms. The molecule has 94 valence electrons. The number of H-pyrrole nitrogens is 1. The molecule has 0 saturated heterocycles. The van der Waals surface area contributed by atoms with Gasteiger partial charge in [0, 0.05) is 10.9 Å². The van der Waals surface area contributed by atoms with Crippen molar-refractivity contribution in [2.75, 3.05) is 6.61 Å². The molecule has 2 aliphatic carbocycles. The summed E-state index contributed by atoms with van der Waals surface area (Å²) in [5.74, 6) is -0.0281. The van der Waals surface area contributed by atoms with Crippen molar-refractivity contribution in [2.45, 2.75) is 19.9 Å². The van der Waals surface area contributed by atoms with Gasteiger partial charge in [0.2, 0.25) is 0 Å². The number of aromatic amines is 1. The first-order valence-corrected chi connectivity index (χ1v) is 6.06. The average Bonchev–Trinajstić information content (AvgIpc) is 2.83. The third-order valence-corrected chi connectivity index (χ3v) is 3.43. The third-order valence-electron chi connectivity index (χ3n) is 3.43. The van der Waals surface area contributed by atoms with Crippen molar-refractivity contribution in [3.8, 4) is 11.1 Å². The number of rotatable bonds is 4. The highest BCUT2D eigenvalue weighted by Crippen LogP contribution is 2.42. The number of nitrogens with one attached hydrogen (secondary N) is 2. The maximum atomic E-state index is 12.1. The van der Waals surface area contributed by atoms with Gasteiger partial charge >= 0.3 is 0 Å². The Bertz CT molecular complexity index is 630. The van der Waals surface area contributed by atoms with Gasteiger partial charge in [-0.15, -0.1) is 0 Å². The smallest absolute Gasteiger partial charge is 0.270 e. The van der Waals surface area contributed by atoms with Crippen LogP contribution in [0.3, 0.4) is 0 Å². The topological polar surface area (TPSA) is 78.0 Å².